The number of nitrogens with zero attached hydrogens (tertiary/aromatic N) is 3. The molecule has 0 bridgehead atoms. The Morgan fingerprint density at radius 1 is 1.18 bits per heavy atom. The van der Waals surface area contributed by atoms with Crippen molar-refractivity contribution in [2.45, 2.75) is 38.5 Å². The van der Waals surface area contributed by atoms with Crippen LogP contribution in [-0.4, -0.2) is 34.8 Å². The number of carbonyl (C=O) groups is 2. The highest BCUT2D eigenvalue weighted by molar-refractivity contribution is 7.99. The number of anilines is 1. The van der Waals surface area contributed by atoms with Gasteiger partial charge in [-0.1, -0.05) is 36.9 Å². The Hall–Kier alpha value is -3.66. The lowest BCUT2D eigenvalue weighted by atomic mass is 10.0. The van der Waals surface area contributed by atoms with Crippen LogP contribution in [0.15, 0.2) is 52.4 Å². The van der Waals surface area contributed by atoms with Gasteiger partial charge < -0.3 is 9.47 Å². The molecule has 0 saturated carbocycles. The molecule has 0 spiro atoms. The normalized spacial score (nSPS) is 14.2. The summed E-state index contributed by atoms with van der Waals surface area (Å²) < 4.78 is 12.5. The molecule has 0 fully saturated rings. The lowest BCUT2D eigenvalue weighted by Gasteiger charge is -2.32. The Morgan fingerprint density at radius 3 is 2.62 bits per heavy atom. The van der Waals surface area contributed by atoms with Crippen LogP contribution in [0.1, 0.15) is 38.9 Å². The molecule has 1 atom stereocenters. The second-order valence-corrected chi connectivity index (χ2v) is 8.74. The van der Waals surface area contributed by atoms with E-state index in [1.165, 1.54) is 37.4 Å². The van der Waals surface area contributed by atoms with Crippen molar-refractivity contribution in [1.29, 1.82) is 0 Å². The fraction of sp³-hybridized carbons (Fsp3) is 0.292. The van der Waals surface area contributed by atoms with Crippen molar-refractivity contribution in [3.63, 3.8) is 0 Å². The quantitative estimate of drug-likeness (QED) is 0.250. The summed E-state index contributed by atoms with van der Waals surface area (Å²) in [5.41, 5.74) is 1.56. The number of amides is 1. The molecule has 1 amide bonds. The molecule has 0 aliphatic carbocycles. The summed E-state index contributed by atoms with van der Waals surface area (Å²) in [7, 11) is 1.47. The molecule has 10 heteroatoms. The Kier molecular flexibility index (Phi) is 6.69. The number of esters is 1. The zero-order valence-electron chi connectivity index (χ0n) is 19.3. The van der Waals surface area contributed by atoms with Crippen LogP contribution < -0.4 is 24.6 Å². The van der Waals surface area contributed by atoms with E-state index in [9.17, 15) is 14.4 Å². The third-order valence-corrected chi connectivity index (χ3v) is 6.36. The number of hydrogen-bond acceptors (Lipinski definition) is 7. The summed E-state index contributed by atoms with van der Waals surface area (Å²) >= 11 is 1.42. The van der Waals surface area contributed by atoms with Crippen LogP contribution in [0.2, 0.25) is 0 Å². The predicted octanol–water partition coefficient (Wildman–Crippen LogP) is 3.07. The topological polar surface area (TPSA) is 105 Å². The molecular weight excluding hydrogens is 456 g/mol. The van der Waals surface area contributed by atoms with Gasteiger partial charge in [0.05, 0.1) is 23.9 Å². The van der Waals surface area contributed by atoms with Gasteiger partial charge in [-0.2, -0.15) is 0 Å². The van der Waals surface area contributed by atoms with Crippen LogP contribution in [0.5, 0.6) is 11.5 Å². The van der Waals surface area contributed by atoms with Crippen molar-refractivity contribution in [3.05, 3.63) is 58.4 Å². The average Bonchev–Trinajstić information content (AvgIpc) is 2.81. The first kappa shape index (κ1) is 23.5. The van der Waals surface area contributed by atoms with E-state index in [4.69, 9.17) is 14.6 Å². The van der Waals surface area contributed by atoms with Crippen LogP contribution >= 0.6 is 11.8 Å². The van der Waals surface area contributed by atoms with Crippen LogP contribution in [0, 0.1) is 0 Å². The van der Waals surface area contributed by atoms with E-state index in [-0.39, 0.29) is 17.2 Å². The van der Waals surface area contributed by atoms with E-state index in [1.54, 1.807) is 47.4 Å². The molecule has 1 aliphatic rings. The fourth-order valence-electron chi connectivity index (χ4n) is 4.01. The first-order valence-electron chi connectivity index (χ1n) is 10.8. The molecule has 0 saturated heterocycles. The van der Waals surface area contributed by atoms with Gasteiger partial charge in [-0.25, -0.2) is 4.90 Å². The third-order valence-electron chi connectivity index (χ3n) is 5.29. The molecule has 34 heavy (non-hydrogen) atoms. The molecule has 176 valence electrons. The number of para-hydroxylation sites is 2. The molecule has 2 heterocycles. The number of thioether (sulfide) groups is 1. The summed E-state index contributed by atoms with van der Waals surface area (Å²) in [6.45, 7) is 4.77. The molecular formula is C24H25N4O5S+. The first-order valence-corrected chi connectivity index (χ1v) is 11.8. The van der Waals surface area contributed by atoms with Gasteiger partial charge in [0.25, 0.3) is 6.17 Å². The maximum Gasteiger partial charge on any atom is 0.325 e. The standard InChI is InChI=1S/C24H24N4O5S/c1-5-13-34-24-25-22(31)20-16-9-6-7-11-18(16)27(14(2)29)23(28(20)26-24)17-10-8-12-19(32-4)21(17)33-15(3)30/h6-12,23H,5,13H2,1-4H3/p+1/t23-/m1/s1. The van der Waals surface area contributed by atoms with Crippen molar-refractivity contribution in [3.8, 4) is 22.8 Å². The molecule has 1 N–H and O–H groups in total. The highest BCUT2D eigenvalue weighted by Crippen LogP contribution is 2.42. The number of hydrogen-bond donors (Lipinski definition) is 1. The van der Waals surface area contributed by atoms with Crippen molar-refractivity contribution in [2.75, 3.05) is 17.8 Å². The number of carbonyl (C=O) groups excluding carboxylic acids is 2. The minimum absolute atomic E-state index is 0.163. The number of ether oxygens (including phenoxy) is 2. The Bertz CT molecular complexity index is 1320. The second-order valence-electron chi connectivity index (χ2n) is 7.65. The number of methoxy groups -OCH3 is 1. The van der Waals surface area contributed by atoms with Crippen molar-refractivity contribution < 1.29 is 23.7 Å². The Balaban J connectivity index is 2.07. The maximum absolute atomic E-state index is 13.3. The lowest BCUT2D eigenvalue weighted by molar-refractivity contribution is -0.763. The Morgan fingerprint density at radius 2 is 1.94 bits per heavy atom. The van der Waals surface area contributed by atoms with Gasteiger partial charge in [-0.15, -0.1) is 0 Å². The van der Waals surface area contributed by atoms with Crippen molar-refractivity contribution in [1.82, 2.24) is 10.1 Å². The predicted molar refractivity (Wildman–Crippen MR) is 127 cm³/mol. The number of benzene rings is 2. The number of aromatic amines is 1. The molecule has 0 radical (unpaired) electrons. The zero-order valence-corrected chi connectivity index (χ0v) is 20.1. The van der Waals surface area contributed by atoms with E-state index >= 15 is 0 Å². The SMILES string of the molecule is CCCSc1n[n+]2c(c(=O)[nH]1)-c1ccccc1N(C(C)=O)[C@H]2c1cccc(OC)c1OC(C)=O. The van der Waals surface area contributed by atoms with Gasteiger partial charge in [0.15, 0.2) is 11.5 Å². The smallest absolute Gasteiger partial charge is 0.325 e. The van der Waals surface area contributed by atoms with Gasteiger partial charge in [-0.05, 0) is 35.4 Å². The number of rotatable bonds is 6. The van der Waals surface area contributed by atoms with E-state index in [1.807, 2.05) is 6.92 Å². The summed E-state index contributed by atoms with van der Waals surface area (Å²) in [4.78, 5) is 42.7. The molecule has 0 unspecified atom stereocenters. The van der Waals surface area contributed by atoms with E-state index in [0.717, 1.165) is 12.2 Å². The number of aromatic nitrogens is 3. The molecule has 1 aliphatic heterocycles. The molecule has 1 aromatic heterocycles. The fourth-order valence-corrected chi connectivity index (χ4v) is 4.72. The van der Waals surface area contributed by atoms with E-state index < -0.39 is 12.1 Å². The molecule has 9 nitrogen and oxygen atoms in total. The van der Waals surface area contributed by atoms with Crippen molar-refractivity contribution in [2.24, 2.45) is 0 Å². The number of fused-ring (bicyclic) bond motifs is 3. The second kappa shape index (κ2) is 9.68. The van der Waals surface area contributed by atoms with Crippen LogP contribution in [0.3, 0.4) is 0 Å². The van der Waals surface area contributed by atoms with Crippen LogP contribution in [-0.2, 0) is 9.59 Å². The van der Waals surface area contributed by atoms with Gasteiger partial charge in [0.1, 0.15) is 0 Å². The summed E-state index contributed by atoms with van der Waals surface area (Å²) in [6, 6.07) is 12.3. The lowest BCUT2D eigenvalue weighted by Crippen LogP contribution is -2.60. The van der Waals surface area contributed by atoms with E-state index in [0.29, 0.717) is 33.4 Å². The van der Waals surface area contributed by atoms with Gasteiger partial charge in [-0.3, -0.25) is 19.4 Å². The average molecular weight is 482 g/mol. The number of H-pyrrole nitrogens is 1. The van der Waals surface area contributed by atoms with Crippen LogP contribution in [0.25, 0.3) is 11.3 Å². The van der Waals surface area contributed by atoms with Crippen molar-refractivity contribution >= 4 is 29.3 Å². The van der Waals surface area contributed by atoms with Gasteiger partial charge in [0.2, 0.25) is 11.1 Å². The zero-order chi connectivity index (χ0) is 24.4. The monoisotopic (exact) mass is 481 g/mol. The van der Waals surface area contributed by atoms with Gasteiger partial charge >= 0.3 is 17.2 Å². The van der Waals surface area contributed by atoms with E-state index in [2.05, 4.69) is 4.98 Å². The summed E-state index contributed by atoms with van der Waals surface area (Å²) in [6.07, 6.45) is 0.00387. The number of nitrogens with one attached hydrogen (secondary N) is 1. The minimum Gasteiger partial charge on any atom is -0.493 e. The first-order chi connectivity index (χ1) is 16.4. The van der Waals surface area contributed by atoms with Gasteiger partial charge in [0, 0.05) is 24.7 Å². The Labute approximate surface area is 200 Å². The highest BCUT2D eigenvalue weighted by atomic mass is 32.2. The minimum atomic E-state index is -0.893. The summed E-state index contributed by atoms with van der Waals surface area (Å²) in [5.74, 6) is 0.438. The highest BCUT2D eigenvalue weighted by Gasteiger charge is 2.46. The molecule has 3 aromatic rings. The molecule has 2 aromatic carbocycles. The largest absolute Gasteiger partial charge is 0.493 e. The summed E-state index contributed by atoms with van der Waals surface area (Å²) in [5, 5.41) is 5.16. The molecule has 4 rings (SSSR count). The van der Waals surface area contributed by atoms with Crippen LogP contribution in [0.4, 0.5) is 5.69 Å². The maximum atomic E-state index is 13.3. The third kappa shape index (κ3) is 4.16.